The summed E-state index contributed by atoms with van der Waals surface area (Å²) >= 11 is 12.8. The smallest absolute Gasteiger partial charge is 0.264 e. The minimum atomic E-state index is -4.39. The van der Waals surface area contributed by atoms with Gasteiger partial charge in [-0.05, 0) is 63.1 Å². The highest BCUT2D eigenvalue weighted by atomic mass is 35.5. The minimum Gasteiger partial charge on any atom is -0.352 e. The highest BCUT2D eigenvalue weighted by Gasteiger charge is 2.35. The predicted molar refractivity (Wildman–Crippen MR) is 161 cm³/mol. The van der Waals surface area contributed by atoms with Gasteiger partial charge in [0.25, 0.3) is 10.0 Å². The van der Waals surface area contributed by atoms with Crippen LogP contribution < -0.4 is 9.62 Å². The molecule has 0 aliphatic rings. The highest BCUT2D eigenvalue weighted by molar-refractivity contribution is 7.92. The molecule has 7 nitrogen and oxygen atoms in total. The normalized spacial score (nSPS) is 12.9. The number of anilines is 1. The first-order chi connectivity index (χ1) is 19.4. The van der Waals surface area contributed by atoms with Gasteiger partial charge in [0.15, 0.2) is 0 Å². The van der Waals surface area contributed by atoms with Gasteiger partial charge in [-0.25, -0.2) is 12.8 Å². The van der Waals surface area contributed by atoms with Crippen molar-refractivity contribution in [2.45, 2.75) is 64.1 Å². The van der Waals surface area contributed by atoms with Crippen LogP contribution in [0.4, 0.5) is 10.1 Å². The van der Waals surface area contributed by atoms with E-state index in [9.17, 15) is 18.0 Å². The molecule has 220 valence electrons. The highest BCUT2D eigenvalue weighted by Crippen LogP contribution is 2.29. The summed E-state index contributed by atoms with van der Waals surface area (Å²) in [4.78, 5) is 28.6. The first-order valence-corrected chi connectivity index (χ1v) is 15.5. The van der Waals surface area contributed by atoms with Crippen LogP contribution >= 0.6 is 23.2 Å². The molecular weight excluding hydrogens is 588 g/mol. The number of para-hydroxylation sites is 1. The van der Waals surface area contributed by atoms with Crippen molar-refractivity contribution < 1.29 is 22.4 Å². The fraction of sp³-hybridized carbons (Fsp3) is 0.333. The molecule has 3 rings (SSSR count). The second kappa shape index (κ2) is 14.2. The standard InChI is InChI=1S/C30H34Cl2FN3O4S/c1-5-21(4)34-30(38)27(6-2)35(18-23-24(31)10-9-11-25(23)32)29(37)19-36(28-13-8-7-12-26(28)33)41(39,40)22-16-14-20(3)15-17-22/h7-17,21,27H,5-6,18-19H2,1-4H3,(H,34,38)/t21-,27+/m1/s1. The Kier molecular flexibility index (Phi) is 11.2. The van der Waals surface area contributed by atoms with Gasteiger partial charge in [0.2, 0.25) is 11.8 Å². The van der Waals surface area contributed by atoms with Crippen LogP contribution in [0.1, 0.15) is 44.7 Å². The van der Waals surface area contributed by atoms with E-state index in [2.05, 4.69) is 5.32 Å². The number of nitrogens with zero attached hydrogens (tertiary/aromatic N) is 2. The summed E-state index contributed by atoms with van der Waals surface area (Å²) in [5, 5.41) is 3.46. The number of nitrogens with one attached hydrogen (secondary N) is 1. The van der Waals surface area contributed by atoms with E-state index in [-0.39, 0.29) is 39.6 Å². The first-order valence-electron chi connectivity index (χ1n) is 13.3. The zero-order valence-electron chi connectivity index (χ0n) is 23.4. The number of halogens is 3. The second-order valence-electron chi connectivity index (χ2n) is 9.74. The molecule has 2 amide bonds. The maximum Gasteiger partial charge on any atom is 0.264 e. The average molecular weight is 623 g/mol. The summed E-state index contributed by atoms with van der Waals surface area (Å²) in [6.45, 7) is 6.37. The van der Waals surface area contributed by atoms with Crippen molar-refractivity contribution in [2.24, 2.45) is 0 Å². The molecule has 0 bridgehead atoms. The summed E-state index contributed by atoms with van der Waals surface area (Å²) in [6, 6.07) is 15.1. The van der Waals surface area contributed by atoms with Crippen LogP contribution in [0, 0.1) is 12.7 Å². The van der Waals surface area contributed by atoms with Crippen molar-refractivity contribution >= 4 is 50.7 Å². The van der Waals surface area contributed by atoms with Gasteiger partial charge in [-0.3, -0.25) is 13.9 Å². The van der Waals surface area contributed by atoms with E-state index in [1.807, 2.05) is 20.8 Å². The Morgan fingerprint density at radius 1 is 0.927 bits per heavy atom. The van der Waals surface area contributed by atoms with Gasteiger partial charge >= 0.3 is 0 Å². The van der Waals surface area contributed by atoms with Gasteiger partial charge in [-0.2, -0.15) is 0 Å². The molecule has 0 saturated carbocycles. The van der Waals surface area contributed by atoms with E-state index in [0.29, 0.717) is 12.0 Å². The third kappa shape index (κ3) is 7.78. The number of sulfonamides is 1. The number of hydrogen-bond acceptors (Lipinski definition) is 4. The predicted octanol–water partition coefficient (Wildman–Crippen LogP) is 6.36. The third-order valence-electron chi connectivity index (χ3n) is 6.79. The van der Waals surface area contributed by atoms with E-state index in [1.54, 1.807) is 37.3 Å². The number of carbonyl (C=O) groups is 2. The molecule has 3 aromatic rings. The van der Waals surface area contributed by atoms with Gasteiger partial charge in [-0.1, -0.05) is 72.9 Å². The molecule has 0 unspecified atom stereocenters. The zero-order chi connectivity index (χ0) is 30.3. The lowest BCUT2D eigenvalue weighted by Gasteiger charge is -2.34. The lowest BCUT2D eigenvalue weighted by Crippen LogP contribution is -2.53. The SMILES string of the molecule is CC[C@@H](C)NC(=O)[C@H](CC)N(Cc1c(Cl)cccc1Cl)C(=O)CN(c1ccccc1F)S(=O)(=O)c1ccc(C)cc1. The van der Waals surface area contributed by atoms with Gasteiger partial charge in [0.05, 0.1) is 10.6 Å². The quantitative estimate of drug-likeness (QED) is 0.255. The molecule has 11 heteroatoms. The minimum absolute atomic E-state index is 0.110. The second-order valence-corrected chi connectivity index (χ2v) is 12.4. The topological polar surface area (TPSA) is 86.8 Å². The molecule has 0 radical (unpaired) electrons. The summed E-state index contributed by atoms with van der Waals surface area (Å²) in [5.41, 5.74) is 0.936. The summed E-state index contributed by atoms with van der Waals surface area (Å²) in [5.74, 6) is -1.96. The molecule has 0 aromatic heterocycles. The van der Waals surface area contributed by atoms with Crippen LogP contribution in [0.3, 0.4) is 0 Å². The van der Waals surface area contributed by atoms with Crippen molar-refractivity contribution in [3.63, 3.8) is 0 Å². The van der Waals surface area contributed by atoms with Crippen LogP contribution in [0.2, 0.25) is 10.0 Å². The van der Waals surface area contributed by atoms with Crippen molar-refractivity contribution in [2.75, 3.05) is 10.8 Å². The Balaban J connectivity index is 2.11. The van der Waals surface area contributed by atoms with Crippen molar-refractivity contribution in [1.29, 1.82) is 0 Å². The first kappa shape index (κ1) is 32.4. The van der Waals surface area contributed by atoms with Crippen LogP contribution in [-0.2, 0) is 26.2 Å². The van der Waals surface area contributed by atoms with Gasteiger partial charge < -0.3 is 10.2 Å². The van der Waals surface area contributed by atoms with Crippen molar-refractivity contribution in [3.05, 3.63) is 93.7 Å². The van der Waals surface area contributed by atoms with E-state index in [0.717, 1.165) is 15.9 Å². The molecule has 0 aliphatic carbocycles. The lowest BCUT2D eigenvalue weighted by molar-refractivity contribution is -0.140. The number of aryl methyl sites for hydroxylation is 1. The number of rotatable bonds is 12. The average Bonchev–Trinajstić information content (AvgIpc) is 2.93. The summed E-state index contributed by atoms with van der Waals surface area (Å²) in [7, 11) is -4.39. The molecule has 0 fully saturated rings. The molecule has 0 spiro atoms. The van der Waals surface area contributed by atoms with Crippen LogP contribution in [-0.4, -0.2) is 43.8 Å². The summed E-state index contributed by atoms with van der Waals surface area (Å²) in [6.07, 6.45) is 0.892. The molecule has 1 N–H and O–H groups in total. The number of amides is 2. The van der Waals surface area contributed by atoms with Gasteiger partial charge in [0.1, 0.15) is 18.4 Å². The van der Waals surface area contributed by atoms with Gasteiger partial charge in [-0.15, -0.1) is 0 Å². The maximum atomic E-state index is 15.1. The lowest BCUT2D eigenvalue weighted by atomic mass is 10.1. The fourth-order valence-electron chi connectivity index (χ4n) is 4.22. The third-order valence-corrected chi connectivity index (χ3v) is 9.27. The Labute approximate surface area is 251 Å². The van der Waals surface area contributed by atoms with Gasteiger partial charge in [0, 0.05) is 28.2 Å². The maximum absolute atomic E-state index is 15.1. The van der Waals surface area contributed by atoms with E-state index < -0.39 is 40.2 Å². The van der Waals surface area contributed by atoms with E-state index >= 15 is 4.39 Å². The van der Waals surface area contributed by atoms with E-state index in [4.69, 9.17) is 23.2 Å². The monoisotopic (exact) mass is 621 g/mol. The number of hydrogen-bond donors (Lipinski definition) is 1. The zero-order valence-corrected chi connectivity index (χ0v) is 25.7. The Bertz CT molecular complexity index is 1470. The molecule has 0 heterocycles. The molecule has 0 aliphatic heterocycles. The number of benzene rings is 3. The fourth-order valence-corrected chi connectivity index (χ4v) is 6.16. The molecular formula is C30H34Cl2FN3O4S. The number of carbonyl (C=O) groups excluding carboxylic acids is 2. The Morgan fingerprint density at radius 2 is 1.54 bits per heavy atom. The molecule has 2 atom stereocenters. The molecule has 41 heavy (non-hydrogen) atoms. The van der Waals surface area contributed by atoms with Crippen molar-refractivity contribution in [3.8, 4) is 0 Å². The summed E-state index contributed by atoms with van der Waals surface area (Å²) < 4.78 is 43.5. The Hall–Kier alpha value is -3.14. The largest absolute Gasteiger partial charge is 0.352 e. The molecule has 0 saturated heterocycles. The molecule has 3 aromatic carbocycles. The Morgan fingerprint density at radius 3 is 2.10 bits per heavy atom. The van der Waals surface area contributed by atoms with Crippen LogP contribution in [0.25, 0.3) is 0 Å². The van der Waals surface area contributed by atoms with Crippen molar-refractivity contribution in [1.82, 2.24) is 10.2 Å². The van der Waals surface area contributed by atoms with E-state index in [1.165, 1.54) is 35.2 Å². The van der Waals surface area contributed by atoms with Crippen LogP contribution in [0.5, 0.6) is 0 Å². The van der Waals surface area contributed by atoms with Crippen LogP contribution in [0.15, 0.2) is 71.6 Å².